The Balaban J connectivity index is 0.000000179. The number of hydrogen-bond acceptors (Lipinski definition) is 6. The van der Waals surface area contributed by atoms with E-state index in [9.17, 15) is 18.8 Å². The molecule has 0 aromatic heterocycles. The average molecular weight is 531 g/mol. The number of benzene rings is 2. The Bertz CT molecular complexity index is 1370. The van der Waals surface area contributed by atoms with Crippen LogP contribution in [0.5, 0.6) is 5.75 Å². The molecule has 0 unspecified atom stereocenters. The highest BCUT2D eigenvalue weighted by atomic mass is 19.1. The molecule has 2 aliphatic carbocycles. The van der Waals surface area contributed by atoms with Gasteiger partial charge < -0.3 is 15.0 Å². The number of nitrogens with zero attached hydrogens (tertiary/aromatic N) is 2. The Morgan fingerprint density at radius 3 is 2.41 bits per heavy atom. The highest BCUT2D eigenvalue weighted by Gasteiger charge is 2.62. The smallest absolute Gasteiger partial charge is 0.255 e. The maximum atomic E-state index is 13.3. The van der Waals surface area contributed by atoms with Crippen molar-refractivity contribution in [1.29, 1.82) is 5.26 Å². The molecule has 0 radical (unpaired) electrons. The van der Waals surface area contributed by atoms with Crippen molar-refractivity contribution in [2.45, 2.75) is 69.1 Å². The molecule has 2 aromatic carbocycles. The molecule has 2 N–H and O–H groups in total. The van der Waals surface area contributed by atoms with E-state index < -0.39 is 5.54 Å². The number of piperidine rings is 2. The van der Waals surface area contributed by atoms with Crippen LogP contribution in [0.4, 0.5) is 4.39 Å². The summed E-state index contributed by atoms with van der Waals surface area (Å²) >= 11 is 0. The second kappa shape index (κ2) is 10.1. The zero-order chi connectivity index (χ0) is 27.1. The van der Waals surface area contributed by atoms with Gasteiger partial charge in [-0.15, -0.1) is 0 Å². The molecule has 3 saturated heterocycles. The van der Waals surface area contributed by atoms with Crippen molar-refractivity contribution in [1.82, 2.24) is 15.5 Å². The maximum Gasteiger partial charge on any atom is 0.255 e. The largest absolute Gasteiger partial charge is 0.490 e. The summed E-state index contributed by atoms with van der Waals surface area (Å²) in [5, 5.41) is 14.0. The summed E-state index contributed by atoms with van der Waals surface area (Å²) in [5.41, 5.74) is 1.81. The summed E-state index contributed by atoms with van der Waals surface area (Å²) in [5.74, 6) is 0.0338. The number of ether oxygens (including phenoxy) is 1. The summed E-state index contributed by atoms with van der Waals surface area (Å²) < 4.78 is 19.4. The number of amides is 3. The summed E-state index contributed by atoms with van der Waals surface area (Å²) in [6.07, 6.45) is 7.02. The molecular weight excluding hydrogens is 499 g/mol. The quantitative estimate of drug-likeness (QED) is 0.585. The number of carbonyl (C=O) groups is 3. The van der Waals surface area contributed by atoms with Crippen molar-refractivity contribution < 1.29 is 23.5 Å². The highest BCUT2D eigenvalue weighted by molar-refractivity contribution is 6.10. The molecule has 39 heavy (non-hydrogen) atoms. The van der Waals surface area contributed by atoms with E-state index >= 15 is 0 Å². The Labute approximate surface area is 226 Å². The third-order valence-electron chi connectivity index (χ3n) is 8.80. The van der Waals surface area contributed by atoms with Gasteiger partial charge in [0.25, 0.3) is 11.8 Å². The SMILES string of the molecule is N#Cc1ccc(C2CNC2)c(F)c1.O=C1NC(=O)C2(N3Cc4cc(OC5CCCCC5)ccc4C3=O)CC1C2. The molecule has 8 rings (SSSR count). The van der Waals surface area contributed by atoms with Crippen LogP contribution in [0.25, 0.3) is 0 Å². The van der Waals surface area contributed by atoms with E-state index in [0.29, 0.717) is 30.5 Å². The number of hydrogen-bond donors (Lipinski definition) is 2. The van der Waals surface area contributed by atoms with Crippen molar-refractivity contribution in [3.63, 3.8) is 0 Å². The third kappa shape index (κ3) is 4.57. The summed E-state index contributed by atoms with van der Waals surface area (Å²) in [4.78, 5) is 38.6. The number of nitrogens with one attached hydrogen (secondary N) is 2. The van der Waals surface area contributed by atoms with Crippen molar-refractivity contribution in [3.05, 3.63) is 64.5 Å². The average Bonchev–Trinajstić information content (AvgIpc) is 3.20. The van der Waals surface area contributed by atoms with E-state index in [1.807, 2.05) is 24.3 Å². The molecule has 0 atom stereocenters. The molecule has 3 amide bonds. The van der Waals surface area contributed by atoms with Gasteiger partial charge in [-0.1, -0.05) is 12.5 Å². The van der Waals surface area contributed by atoms with Crippen LogP contribution >= 0.6 is 0 Å². The molecular formula is C30H31FN4O4. The lowest BCUT2D eigenvalue weighted by Crippen LogP contribution is -2.73. The Kier molecular flexibility index (Phi) is 6.59. The van der Waals surface area contributed by atoms with Gasteiger partial charge in [-0.3, -0.25) is 19.7 Å². The van der Waals surface area contributed by atoms with Crippen molar-refractivity contribution >= 4 is 17.7 Å². The first-order chi connectivity index (χ1) is 18.9. The lowest BCUT2D eigenvalue weighted by Gasteiger charge is -2.53. The van der Waals surface area contributed by atoms with Crippen LogP contribution in [0.15, 0.2) is 36.4 Å². The molecule has 2 saturated carbocycles. The molecule has 5 fully saturated rings. The first kappa shape index (κ1) is 25.5. The van der Waals surface area contributed by atoms with Gasteiger partial charge >= 0.3 is 0 Å². The van der Waals surface area contributed by atoms with Crippen LogP contribution in [-0.4, -0.2) is 47.4 Å². The molecule has 2 aromatic rings. The first-order valence-electron chi connectivity index (χ1n) is 13.7. The molecule has 4 aliphatic heterocycles. The number of rotatable bonds is 4. The van der Waals surface area contributed by atoms with Crippen LogP contribution < -0.4 is 15.4 Å². The van der Waals surface area contributed by atoms with Crippen LogP contribution in [0, 0.1) is 23.1 Å². The Morgan fingerprint density at radius 2 is 1.77 bits per heavy atom. The molecule has 0 spiro atoms. The highest BCUT2D eigenvalue weighted by Crippen LogP contribution is 2.49. The third-order valence-corrected chi connectivity index (χ3v) is 8.80. The zero-order valence-corrected chi connectivity index (χ0v) is 21.7. The normalized spacial score (nSPS) is 25.9. The fourth-order valence-corrected chi connectivity index (χ4v) is 6.33. The van der Waals surface area contributed by atoms with Crippen LogP contribution in [0.2, 0.25) is 0 Å². The number of fused-ring (bicyclic) bond motifs is 3. The Morgan fingerprint density at radius 1 is 1.00 bits per heavy atom. The fourth-order valence-electron chi connectivity index (χ4n) is 6.33. The second-order valence-electron chi connectivity index (χ2n) is 11.2. The van der Waals surface area contributed by atoms with E-state index in [0.717, 1.165) is 42.8 Å². The lowest BCUT2D eigenvalue weighted by molar-refractivity contribution is -0.160. The molecule has 8 nitrogen and oxygen atoms in total. The van der Waals surface area contributed by atoms with Crippen molar-refractivity contribution in [3.8, 4) is 11.8 Å². The van der Waals surface area contributed by atoms with Crippen LogP contribution in [-0.2, 0) is 16.1 Å². The molecule has 202 valence electrons. The van der Waals surface area contributed by atoms with E-state index in [1.54, 1.807) is 17.0 Å². The van der Waals surface area contributed by atoms with Gasteiger partial charge in [0.05, 0.1) is 17.7 Å². The summed E-state index contributed by atoms with van der Waals surface area (Å²) in [6.45, 7) is 2.08. The topological polar surface area (TPSA) is 112 Å². The fraction of sp³-hybridized carbons (Fsp3) is 0.467. The van der Waals surface area contributed by atoms with Gasteiger partial charge in [-0.25, -0.2) is 4.39 Å². The van der Waals surface area contributed by atoms with Gasteiger partial charge in [0.2, 0.25) is 5.91 Å². The lowest BCUT2D eigenvalue weighted by atomic mass is 9.63. The number of halogens is 1. The minimum atomic E-state index is -0.848. The van der Waals surface area contributed by atoms with E-state index in [-0.39, 0.29) is 41.5 Å². The maximum absolute atomic E-state index is 13.3. The van der Waals surface area contributed by atoms with E-state index in [2.05, 4.69) is 10.6 Å². The first-order valence-corrected chi connectivity index (χ1v) is 13.7. The number of imide groups is 1. The Hall–Kier alpha value is -3.77. The van der Waals surface area contributed by atoms with Gasteiger partial charge in [0, 0.05) is 37.0 Å². The van der Waals surface area contributed by atoms with Gasteiger partial charge in [0.1, 0.15) is 17.1 Å². The van der Waals surface area contributed by atoms with Crippen molar-refractivity contribution in [2.75, 3.05) is 13.1 Å². The summed E-state index contributed by atoms with van der Waals surface area (Å²) in [6, 6.07) is 12.2. The zero-order valence-electron chi connectivity index (χ0n) is 21.7. The second-order valence-corrected chi connectivity index (χ2v) is 11.2. The minimum Gasteiger partial charge on any atom is -0.490 e. The molecule has 6 aliphatic rings. The predicted octanol–water partition coefficient (Wildman–Crippen LogP) is 3.54. The van der Waals surface area contributed by atoms with E-state index in [1.165, 1.54) is 25.3 Å². The summed E-state index contributed by atoms with van der Waals surface area (Å²) in [7, 11) is 0. The van der Waals surface area contributed by atoms with Crippen molar-refractivity contribution in [2.24, 2.45) is 5.92 Å². The van der Waals surface area contributed by atoms with Gasteiger partial charge in [0.15, 0.2) is 0 Å². The number of carbonyl (C=O) groups excluding carboxylic acids is 3. The van der Waals surface area contributed by atoms with Crippen LogP contribution in [0.1, 0.15) is 77.9 Å². The number of nitriles is 1. The van der Waals surface area contributed by atoms with E-state index in [4.69, 9.17) is 10.00 Å². The van der Waals surface area contributed by atoms with Gasteiger partial charge in [-0.2, -0.15) is 5.26 Å². The minimum absolute atomic E-state index is 0.118. The standard InChI is InChI=1S/C20H22N2O4.C10H9FN2/c23-17-13-9-20(10-13,19(25)21-17)22-11-12-8-15(6-7-16(12)18(22)24)26-14-4-2-1-3-5-14;11-10-3-7(4-12)1-2-9(10)8-5-13-6-8/h6-8,13-14H,1-5,9-11H2,(H,21,23,25);1-3,8,13H,5-6H2. The molecule has 9 heteroatoms. The molecule has 4 heterocycles. The van der Waals surface area contributed by atoms with Crippen LogP contribution in [0.3, 0.4) is 0 Å². The van der Waals surface area contributed by atoms with Gasteiger partial charge in [-0.05, 0) is 80.0 Å². The monoisotopic (exact) mass is 530 g/mol. The predicted molar refractivity (Wildman–Crippen MR) is 139 cm³/mol. The molecule has 2 bridgehead atoms.